The van der Waals surface area contributed by atoms with Crippen LogP contribution in [-0.4, -0.2) is 29.1 Å². The second-order valence-corrected chi connectivity index (χ2v) is 10.5. The lowest BCUT2D eigenvalue weighted by Gasteiger charge is -2.30. The van der Waals surface area contributed by atoms with Crippen molar-refractivity contribution in [2.75, 3.05) is 11.9 Å². The topological polar surface area (TPSA) is 35.9 Å². The molecule has 0 atom stereocenters. The Morgan fingerprint density at radius 2 is 1.77 bits per heavy atom. The van der Waals surface area contributed by atoms with Crippen LogP contribution in [0, 0.1) is 13.8 Å². The van der Waals surface area contributed by atoms with E-state index in [0.717, 1.165) is 44.9 Å². The molecule has 0 spiro atoms. The number of hydrogen-bond acceptors (Lipinski definition) is 5. The van der Waals surface area contributed by atoms with E-state index >= 15 is 0 Å². The van der Waals surface area contributed by atoms with E-state index in [1.807, 2.05) is 4.90 Å². The van der Waals surface area contributed by atoms with E-state index in [-0.39, 0.29) is 11.9 Å². The second-order valence-electron chi connectivity index (χ2n) is 8.52. The Morgan fingerprint density at radius 3 is 2.52 bits per heavy atom. The molecule has 3 aliphatic rings. The van der Waals surface area contributed by atoms with E-state index in [4.69, 9.17) is 4.99 Å². The highest BCUT2D eigenvalue weighted by Crippen LogP contribution is 2.50. The molecule has 2 heterocycles. The molecule has 2 aliphatic heterocycles. The van der Waals surface area contributed by atoms with Gasteiger partial charge in [0, 0.05) is 18.0 Å². The van der Waals surface area contributed by atoms with Crippen LogP contribution in [0.25, 0.3) is 0 Å². The fraction of sp³-hybridized carbons (Fsp3) is 0.360. The van der Waals surface area contributed by atoms with Gasteiger partial charge in [-0.25, -0.2) is 4.99 Å². The summed E-state index contributed by atoms with van der Waals surface area (Å²) in [5.41, 5.74) is 4.48. The van der Waals surface area contributed by atoms with E-state index in [0.29, 0.717) is 0 Å². The van der Waals surface area contributed by atoms with Crippen molar-refractivity contribution < 1.29 is 4.79 Å². The Balaban J connectivity index is 1.57. The van der Waals surface area contributed by atoms with Crippen LogP contribution < -0.4 is 4.90 Å². The van der Waals surface area contributed by atoms with Crippen LogP contribution in [0.15, 0.2) is 62.3 Å². The molecule has 2 aromatic rings. The number of nitrogens with zero attached hydrogens (tertiary/aromatic N) is 3. The molecule has 2 fully saturated rings. The highest BCUT2D eigenvalue weighted by Gasteiger charge is 2.42. The third-order valence-corrected chi connectivity index (χ3v) is 8.66. The first kappa shape index (κ1) is 20.7. The van der Waals surface area contributed by atoms with Crippen molar-refractivity contribution in [1.82, 2.24) is 4.90 Å². The number of anilines is 1. The van der Waals surface area contributed by atoms with Gasteiger partial charge in [0.05, 0.1) is 16.4 Å². The second kappa shape index (κ2) is 8.40. The fourth-order valence-electron chi connectivity index (χ4n) is 4.59. The molecule has 1 aliphatic carbocycles. The van der Waals surface area contributed by atoms with Crippen molar-refractivity contribution in [3.63, 3.8) is 0 Å². The van der Waals surface area contributed by atoms with Crippen molar-refractivity contribution in [1.29, 1.82) is 0 Å². The molecule has 0 bridgehead atoms. The first-order valence-corrected chi connectivity index (χ1v) is 12.6. The number of aryl methyl sites for hydroxylation is 2. The summed E-state index contributed by atoms with van der Waals surface area (Å²) in [6, 6.07) is 14.9. The minimum atomic E-state index is 0.113. The number of rotatable bonds is 2. The Bertz CT molecular complexity index is 1100. The minimum absolute atomic E-state index is 0.113. The summed E-state index contributed by atoms with van der Waals surface area (Å²) in [6.07, 6.45) is 5.75. The van der Waals surface area contributed by atoms with Crippen molar-refractivity contribution in [2.45, 2.75) is 56.9 Å². The predicted molar refractivity (Wildman–Crippen MR) is 132 cm³/mol. The van der Waals surface area contributed by atoms with Crippen molar-refractivity contribution in [3.8, 4) is 0 Å². The average Bonchev–Trinajstić information content (AvgIpc) is 3.27. The quantitative estimate of drug-likeness (QED) is 0.483. The highest BCUT2D eigenvalue weighted by molar-refractivity contribution is 8.19. The summed E-state index contributed by atoms with van der Waals surface area (Å²) in [4.78, 5) is 24.9. The summed E-state index contributed by atoms with van der Waals surface area (Å²) in [5, 5.41) is 1.85. The van der Waals surface area contributed by atoms with Gasteiger partial charge in [0.15, 0.2) is 5.17 Å². The monoisotopic (exact) mass is 449 g/mol. The van der Waals surface area contributed by atoms with Gasteiger partial charge in [0.1, 0.15) is 4.91 Å². The average molecular weight is 450 g/mol. The Hall–Kier alpha value is -2.18. The number of hydrogen-bond donors (Lipinski definition) is 0. The SMILES string of the molecule is Cc1ccc(N=C2SC(=C3Sc4ccccc4N3C)C(=O)N2C2CCCCC2)c(C)c1. The van der Waals surface area contributed by atoms with Crippen LogP contribution in [0.5, 0.6) is 0 Å². The van der Waals surface area contributed by atoms with Gasteiger partial charge < -0.3 is 4.90 Å². The Labute approximate surface area is 192 Å². The van der Waals surface area contributed by atoms with Gasteiger partial charge in [-0.15, -0.1) is 0 Å². The number of aliphatic imine (C=N–C) groups is 1. The Kier molecular flexibility index (Phi) is 5.61. The van der Waals surface area contributed by atoms with Gasteiger partial charge in [0.2, 0.25) is 0 Å². The molecule has 1 saturated carbocycles. The molecule has 0 radical (unpaired) electrons. The van der Waals surface area contributed by atoms with Crippen molar-refractivity contribution in [3.05, 3.63) is 63.5 Å². The number of amides is 1. The number of benzene rings is 2. The molecule has 5 rings (SSSR count). The maximum Gasteiger partial charge on any atom is 0.269 e. The zero-order valence-corrected chi connectivity index (χ0v) is 19.9. The summed E-state index contributed by atoms with van der Waals surface area (Å²) in [5.74, 6) is 0.113. The molecule has 1 amide bonds. The summed E-state index contributed by atoms with van der Waals surface area (Å²) in [7, 11) is 2.05. The minimum Gasteiger partial charge on any atom is -0.337 e. The number of thioether (sulfide) groups is 2. The van der Waals surface area contributed by atoms with Crippen LogP contribution in [0.1, 0.15) is 43.2 Å². The molecule has 1 saturated heterocycles. The van der Waals surface area contributed by atoms with E-state index in [1.165, 1.54) is 29.7 Å². The normalized spacial score (nSPS) is 23.2. The zero-order chi connectivity index (χ0) is 21.5. The lowest BCUT2D eigenvalue weighted by molar-refractivity contribution is -0.124. The zero-order valence-electron chi connectivity index (χ0n) is 18.2. The molecule has 160 valence electrons. The fourth-order valence-corrected chi connectivity index (χ4v) is 6.99. The molecule has 6 heteroatoms. The third kappa shape index (κ3) is 3.80. The standard InChI is InChI=1S/C25H27N3OS2/c1-16-13-14-19(17(2)15-16)26-25-28(18-9-5-4-6-10-18)23(29)22(31-25)24-27(3)20-11-7-8-12-21(20)30-24/h7-8,11-15,18H,4-6,9-10H2,1-3H3. The molecule has 2 aromatic carbocycles. The van der Waals surface area contributed by atoms with E-state index in [9.17, 15) is 4.79 Å². The molecule has 4 nitrogen and oxygen atoms in total. The molecule has 0 aromatic heterocycles. The first-order valence-electron chi connectivity index (χ1n) is 10.9. The number of carbonyl (C=O) groups excluding carboxylic acids is 1. The van der Waals surface area contributed by atoms with Crippen LogP contribution >= 0.6 is 23.5 Å². The van der Waals surface area contributed by atoms with Gasteiger partial charge in [-0.05, 0) is 62.2 Å². The van der Waals surface area contributed by atoms with Gasteiger partial charge in [-0.3, -0.25) is 9.69 Å². The Morgan fingerprint density at radius 1 is 1.00 bits per heavy atom. The van der Waals surface area contributed by atoms with Crippen molar-refractivity contribution >= 4 is 46.0 Å². The van der Waals surface area contributed by atoms with Crippen LogP contribution in [-0.2, 0) is 4.79 Å². The van der Waals surface area contributed by atoms with Gasteiger partial charge in [-0.1, -0.05) is 60.9 Å². The van der Waals surface area contributed by atoms with E-state index in [1.54, 1.807) is 23.5 Å². The molecule has 0 unspecified atom stereocenters. The summed E-state index contributed by atoms with van der Waals surface area (Å²) < 4.78 is 0. The largest absolute Gasteiger partial charge is 0.337 e. The number of para-hydroxylation sites is 1. The predicted octanol–water partition coefficient (Wildman–Crippen LogP) is 6.61. The van der Waals surface area contributed by atoms with Crippen LogP contribution in [0.4, 0.5) is 11.4 Å². The van der Waals surface area contributed by atoms with Crippen LogP contribution in [0.2, 0.25) is 0 Å². The molecular formula is C25H27N3OS2. The van der Waals surface area contributed by atoms with Gasteiger partial charge in [0.25, 0.3) is 5.91 Å². The third-order valence-electron chi connectivity index (χ3n) is 6.25. The van der Waals surface area contributed by atoms with Crippen molar-refractivity contribution in [2.24, 2.45) is 4.99 Å². The smallest absolute Gasteiger partial charge is 0.269 e. The highest BCUT2D eigenvalue weighted by atomic mass is 32.2. The molecule has 0 N–H and O–H groups in total. The molecular weight excluding hydrogens is 422 g/mol. The van der Waals surface area contributed by atoms with Gasteiger partial charge >= 0.3 is 0 Å². The maximum atomic E-state index is 13.8. The maximum absolute atomic E-state index is 13.8. The number of carbonyl (C=O) groups is 1. The van der Waals surface area contributed by atoms with Crippen LogP contribution in [0.3, 0.4) is 0 Å². The van der Waals surface area contributed by atoms with E-state index in [2.05, 4.69) is 68.3 Å². The lowest BCUT2D eigenvalue weighted by atomic mass is 9.94. The number of amidine groups is 1. The van der Waals surface area contributed by atoms with Gasteiger partial charge in [-0.2, -0.15) is 0 Å². The number of fused-ring (bicyclic) bond motifs is 1. The lowest BCUT2D eigenvalue weighted by Crippen LogP contribution is -2.40. The summed E-state index contributed by atoms with van der Waals surface area (Å²) in [6.45, 7) is 4.19. The molecule has 31 heavy (non-hydrogen) atoms. The van der Waals surface area contributed by atoms with E-state index < -0.39 is 0 Å². The summed E-state index contributed by atoms with van der Waals surface area (Å²) >= 11 is 3.23. The first-order chi connectivity index (χ1) is 15.0.